The predicted molar refractivity (Wildman–Crippen MR) is 77.2 cm³/mol. The molecule has 0 unspecified atom stereocenters. The first-order chi connectivity index (χ1) is 12.9. The van der Waals surface area contributed by atoms with Crippen LogP contribution in [0.5, 0.6) is 5.75 Å². The van der Waals surface area contributed by atoms with Crippen molar-refractivity contribution in [2.45, 2.75) is 29.9 Å². The van der Waals surface area contributed by atoms with E-state index in [1.807, 2.05) is 0 Å². The molecule has 13 heteroatoms. The predicted octanol–water partition coefficient (Wildman–Crippen LogP) is 5.98. The maximum Gasteiger partial charge on any atom is 0.460 e. The van der Waals surface area contributed by atoms with Crippen molar-refractivity contribution in [3.8, 4) is 5.75 Å². The number of carbonyl (C=O) groups is 1. The van der Waals surface area contributed by atoms with E-state index in [-0.39, 0.29) is 6.07 Å². The summed E-state index contributed by atoms with van der Waals surface area (Å²) in [7, 11) is 0. The molecule has 1 aromatic carbocycles. The van der Waals surface area contributed by atoms with Gasteiger partial charge in [0.15, 0.2) is 0 Å². The van der Waals surface area contributed by atoms with Gasteiger partial charge in [-0.1, -0.05) is 19.2 Å². The molecule has 1 rings (SSSR count). The molecule has 0 heterocycles. The lowest BCUT2D eigenvalue weighted by molar-refractivity contribution is -0.424. The van der Waals surface area contributed by atoms with E-state index in [9.17, 15) is 53.1 Å². The minimum Gasteiger partial charge on any atom is -0.423 e. The van der Waals surface area contributed by atoms with E-state index in [0.29, 0.717) is 24.3 Å². The highest BCUT2D eigenvalue weighted by Gasteiger charge is 2.87. The Bertz CT molecular complexity index is 810. The Labute approximate surface area is 155 Å². The van der Waals surface area contributed by atoms with E-state index in [0.717, 1.165) is 0 Å². The monoisotopic (exact) mass is 442 g/mol. The molecule has 0 amide bonds. The molecule has 0 aliphatic carbocycles. The average Bonchev–Trinajstić information content (AvgIpc) is 2.59. The van der Waals surface area contributed by atoms with Gasteiger partial charge in [-0.25, -0.2) is 4.79 Å². The Morgan fingerprint density at radius 2 is 1.34 bits per heavy atom. The van der Waals surface area contributed by atoms with Crippen molar-refractivity contribution < 1.29 is 57.8 Å². The number of rotatable bonds is 7. The maximum atomic E-state index is 14.2. The average molecular weight is 442 g/mol. The molecular weight excluding hydrogens is 433 g/mol. The fourth-order valence-electron chi connectivity index (χ4n) is 1.96. The standard InChI is InChI=1S/C16H9F11O2/c1-3-8-7-9(29-11(28)4-2)5-6-10(8)12(17,18)13(19,20)14(21,22)15(23,24)16(25,26)27/h3-7H,1-2H2. The van der Waals surface area contributed by atoms with Crippen LogP contribution in [0.2, 0.25) is 0 Å². The second kappa shape index (κ2) is 7.34. The number of hydrogen-bond donors (Lipinski definition) is 0. The largest absolute Gasteiger partial charge is 0.460 e. The van der Waals surface area contributed by atoms with E-state index in [4.69, 9.17) is 0 Å². The van der Waals surface area contributed by atoms with Crippen LogP contribution < -0.4 is 4.74 Å². The van der Waals surface area contributed by atoms with Gasteiger partial charge in [0.05, 0.1) is 0 Å². The molecule has 0 aliphatic heterocycles. The molecule has 1 aromatic rings. The molecule has 0 aromatic heterocycles. The number of ether oxygens (including phenoxy) is 1. The van der Waals surface area contributed by atoms with Crippen LogP contribution in [0.4, 0.5) is 48.3 Å². The molecule has 0 N–H and O–H groups in total. The zero-order valence-corrected chi connectivity index (χ0v) is 13.8. The van der Waals surface area contributed by atoms with Gasteiger partial charge >= 0.3 is 35.8 Å². The van der Waals surface area contributed by atoms with E-state index in [1.54, 1.807) is 0 Å². The SMILES string of the molecule is C=CC(=O)Oc1ccc(C(F)(F)C(F)(F)C(F)(F)C(F)(F)C(F)(F)F)c(C=C)c1. The van der Waals surface area contributed by atoms with Crippen molar-refractivity contribution >= 4 is 12.0 Å². The third-order valence-electron chi connectivity index (χ3n) is 3.51. The van der Waals surface area contributed by atoms with Crippen molar-refractivity contribution in [2.24, 2.45) is 0 Å². The summed E-state index contributed by atoms with van der Waals surface area (Å²) in [5.74, 6) is -30.2. The minimum absolute atomic E-state index is 0.0154. The van der Waals surface area contributed by atoms with Gasteiger partial charge in [-0.3, -0.25) is 0 Å². The molecule has 162 valence electrons. The molecule has 0 atom stereocenters. The number of carbonyl (C=O) groups excluding carboxylic acids is 1. The van der Waals surface area contributed by atoms with Gasteiger partial charge < -0.3 is 4.74 Å². The molecule has 0 aliphatic rings. The van der Waals surface area contributed by atoms with Crippen molar-refractivity contribution in [3.05, 3.63) is 48.6 Å². The van der Waals surface area contributed by atoms with Crippen molar-refractivity contribution in [1.29, 1.82) is 0 Å². The zero-order chi connectivity index (χ0) is 23.1. The molecule has 0 bridgehead atoms. The molecule has 29 heavy (non-hydrogen) atoms. The fraction of sp³-hybridized carbons (Fsp3) is 0.312. The summed E-state index contributed by atoms with van der Waals surface area (Å²) < 4.78 is 149. The van der Waals surface area contributed by atoms with E-state index in [2.05, 4.69) is 17.9 Å². The summed E-state index contributed by atoms with van der Waals surface area (Å²) >= 11 is 0. The number of esters is 1. The van der Waals surface area contributed by atoms with Gasteiger partial charge in [-0.15, -0.1) is 0 Å². The smallest absolute Gasteiger partial charge is 0.423 e. The number of benzene rings is 1. The van der Waals surface area contributed by atoms with Gasteiger partial charge in [0, 0.05) is 11.6 Å². The van der Waals surface area contributed by atoms with Gasteiger partial charge in [0.2, 0.25) is 0 Å². The highest BCUT2D eigenvalue weighted by molar-refractivity contribution is 5.83. The van der Waals surface area contributed by atoms with Crippen LogP contribution in [0.1, 0.15) is 11.1 Å². The molecule has 0 spiro atoms. The van der Waals surface area contributed by atoms with Crippen molar-refractivity contribution in [1.82, 2.24) is 0 Å². The second-order valence-corrected chi connectivity index (χ2v) is 5.37. The summed E-state index contributed by atoms with van der Waals surface area (Å²) in [6, 6.07) is 0.806. The third-order valence-corrected chi connectivity index (χ3v) is 3.51. The Hall–Kier alpha value is -2.60. The summed E-state index contributed by atoms with van der Waals surface area (Å²) in [5.41, 5.74) is -3.16. The van der Waals surface area contributed by atoms with Crippen molar-refractivity contribution in [2.75, 3.05) is 0 Å². The van der Waals surface area contributed by atoms with Crippen LogP contribution in [-0.4, -0.2) is 29.9 Å². The lowest BCUT2D eigenvalue weighted by Crippen LogP contribution is -2.65. The van der Waals surface area contributed by atoms with E-state index >= 15 is 0 Å². The summed E-state index contributed by atoms with van der Waals surface area (Å²) in [5, 5.41) is 0. The molecule has 2 nitrogen and oxygen atoms in total. The third kappa shape index (κ3) is 3.81. The van der Waals surface area contributed by atoms with Gasteiger partial charge in [0.1, 0.15) is 5.75 Å². The first-order valence-corrected chi connectivity index (χ1v) is 7.07. The normalized spacial score (nSPS) is 13.8. The molecule has 0 fully saturated rings. The Morgan fingerprint density at radius 3 is 1.76 bits per heavy atom. The zero-order valence-electron chi connectivity index (χ0n) is 13.8. The van der Waals surface area contributed by atoms with Gasteiger partial charge in [0.25, 0.3) is 0 Å². The number of alkyl halides is 11. The Kier molecular flexibility index (Phi) is 6.18. The molecule has 0 radical (unpaired) electrons. The molecule has 0 saturated heterocycles. The Morgan fingerprint density at radius 1 is 0.828 bits per heavy atom. The lowest BCUT2D eigenvalue weighted by Gasteiger charge is -2.37. The van der Waals surface area contributed by atoms with Crippen LogP contribution in [0.15, 0.2) is 37.4 Å². The van der Waals surface area contributed by atoms with Crippen molar-refractivity contribution in [3.63, 3.8) is 0 Å². The van der Waals surface area contributed by atoms with Crippen LogP contribution in [-0.2, 0) is 10.7 Å². The lowest BCUT2D eigenvalue weighted by atomic mass is 9.90. The number of halogens is 11. The quantitative estimate of drug-likeness (QED) is 0.225. The van der Waals surface area contributed by atoms with E-state index < -0.39 is 52.7 Å². The number of hydrogen-bond acceptors (Lipinski definition) is 2. The fourth-order valence-corrected chi connectivity index (χ4v) is 1.96. The second-order valence-electron chi connectivity index (χ2n) is 5.37. The van der Waals surface area contributed by atoms with Crippen LogP contribution in [0.25, 0.3) is 6.08 Å². The summed E-state index contributed by atoms with van der Waals surface area (Å²) in [6.07, 6.45) is -6.26. The Balaban J connectivity index is 3.58. The summed E-state index contributed by atoms with van der Waals surface area (Å²) in [6.45, 7) is 5.92. The summed E-state index contributed by atoms with van der Waals surface area (Å²) in [4.78, 5) is 11.0. The van der Waals surface area contributed by atoms with Crippen LogP contribution in [0.3, 0.4) is 0 Å². The van der Waals surface area contributed by atoms with Gasteiger partial charge in [-0.05, 0) is 23.8 Å². The first-order valence-electron chi connectivity index (χ1n) is 7.07. The maximum absolute atomic E-state index is 14.2. The first kappa shape index (κ1) is 24.4. The van der Waals surface area contributed by atoms with E-state index in [1.165, 1.54) is 0 Å². The minimum atomic E-state index is -7.53. The molecular formula is C16H9F11O2. The van der Waals surface area contributed by atoms with Crippen LogP contribution in [0, 0.1) is 0 Å². The molecule has 0 saturated carbocycles. The highest BCUT2D eigenvalue weighted by atomic mass is 19.4. The topological polar surface area (TPSA) is 26.3 Å². The van der Waals surface area contributed by atoms with Gasteiger partial charge in [-0.2, -0.15) is 48.3 Å². The highest BCUT2D eigenvalue weighted by Crippen LogP contribution is 2.60. The van der Waals surface area contributed by atoms with Crippen LogP contribution >= 0.6 is 0 Å².